The summed E-state index contributed by atoms with van der Waals surface area (Å²) in [5.41, 5.74) is 0.729. The van der Waals surface area contributed by atoms with Crippen molar-refractivity contribution in [2.45, 2.75) is 43.9 Å². The SMILES string of the molecule is COc1cccc(CC2CCCCCC2Cl)c1F. The summed E-state index contributed by atoms with van der Waals surface area (Å²) in [6, 6.07) is 5.34. The summed E-state index contributed by atoms with van der Waals surface area (Å²) in [7, 11) is 1.50. The van der Waals surface area contributed by atoms with Crippen molar-refractivity contribution in [1.82, 2.24) is 0 Å². The Kier molecular flexibility index (Phi) is 4.87. The molecule has 1 nitrogen and oxygen atoms in total. The molecule has 0 N–H and O–H groups in total. The van der Waals surface area contributed by atoms with Gasteiger partial charge in [-0.05, 0) is 36.8 Å². The Balaban J connectivity index is 2.12. The molecule has 3 heteroatoms. The second-order valence-corrected chi connectivity index (χ2v) is 5.61. The molecule has 0 aliphatic heterocycles. The molecule has 18 heavy (non-hydrogen) atoms. The van der Waals surface area contributed by atoms with Gasteiger partial charge in [-0.15, -0.1) is 11.6 Å². The zero-order valence-electron chi connectivity index (χ0n) is 10.8. The van der Waals surface area contributed by atoms with Crippen LogP contribution in [-0.4, -0.2) is 12.5 Å². The highest BCUT2D eigenvalue weighted by Gasteiger charge is 2.23. The molecule has 2 unspecified atom stereocenters. The fraction of sp³-hybridized carbons (Fsp3) is 0.600. The molecule has 1 aliphatic carbocycles. The fourth-order valence-corrected chi connectivity index (χ4v) is 3.09. The van der Waals surface area contributed by atoms with Crippen LogP contribution in [0.15, 0.2) is 18.2 Å². The molecule has 2 atom stereocenters. The van der Waals surface area contributed by atoms with Crippen molar-refractivity contribution in [3.63, 3.8) is 0 Å². The molecular formula is C15H20ClFO. The number of hydrogen-bond donors (Lipinski definition) is 0. The Morgan fingerprint density at radius 1 is 1.28 bits per heavy atom. The topological polar surface area (TPSA) is 9.23 Å². The molecule has 100 valence electrons. The number of hydrogen-bond acceptors (Lipinski definition) is 1. The van der Waals surface area contributed by atoms with Crippen LogP contribution in [0.25, 0.3) is 0 Å². The minimum Gasteiger partial charge on any atom is -0.494 e. The zero-order chi connectivity index (χ0) is 13.0. The molecule has 0 spiro atoms. The van der Waals surface area contributed by atoms with Crippen LogP contribution in [0.1, 0.15) is 37.7 Å². The van der Waals surface area contributed by atoms with E-state index in [0.717, 1.165) is 24.8 Å². The van der Waals surface area contributed by atoms with Crippen LogP contribution in [0.5, 0.6) is 5.75 Å². The molecule has 1 fully saturated rings. The Morgan fingerprint density at radius 2 is 2.06 bits per heavy atom. The average molecular weight is 271 g/mol. The average Bonchev–Trinajstić information content (AvgIpc) is 2.57. The number of methoxy groups -OCH3 is 1. The second-order valence-electron chi connectivity index (χ2n) is 5.05. The lowest BCUT2D eigenvalue weighted by molar-refractivity contribution is 0.379. The molecule has 1 aromatic carbocycles. The standard InChI is InChI=1S/C15H20ClFO/c1-18-14-9-5-7-12(15(14)17)10-11-6-3-2-4-8-13(11)16/h5,7,9,11,13H,2-4,6,8,10H2,1H3. The number of ether oxygens (including phenoxy) is 1. The first-order valence-electron chi connectivity index (χ1n) is 6.68. The van der Waals surface area contributed by atoms with Gasteiger partial charge in [-0.1, -0.05) is 31.4 Å². The summed E-state index contributed by atoms with van der Waals surface area (Å²) in [5, 5.41) is 0.179. The van der Waals surface area contributed by atoms with Gasteiger partial charge in [0.1, 0.15) is 0 Å². The van der Waals surface area contributed by atoms with E-state index in [-0.39, 0.29) is 11.2 Å². The smallest absolute Gasteiger partial charge is 0.168 e. The highest BCUT2D eigenvalue weighted by atomic mass is 35.5. The van der Waals surface area contributed by atoms with Crippen molar-refractivity contribution in [1.29, 1.82) is 0 Å². The van der Waals surface area contributed by atoms with E-state index in [1.807, 2.05) is 12.1 Å². The number of halogens is 2. The highest BCUT2D eigenvalue weighted by Crippen LogP contribution is 2.32. The van der Waals surface area contributed by atoms with Crippen molar-refractivity contribution < 1.29 is 9.13 Å². The maximum atomic E-state index is 14.1. The molecule has 0 bridgehead atoms. The summed E-state index contributed by atoms with van der Waals surface area (Å²) in [5.74, 6) is 0.483. The van der Waals surface area contributed by atoms with Crippen molar-refractivity contribution in [3.8, 4) is 5.75 Å². The summed E-state index contributed by atoms with van der Waals surface area (Å²) in [6.45, 7) is 0. The van der Waals surface area contributed by atoms with Gasteiger partial charge in [0, 0.05) is 5.38 Å². The lowest BCUT2D eigenvalue weighted by atomic mass is 9.92. The lowest BCUT2D eigenvalue weighted by Gasteiger charge is -2.20. The van der Waals surface area contributed by atoms with E-state index in [9.17, 15) is 4.39 Å². The first-order chi connectivity index (χ1) is 8.72. The van der Waals surface area contributed by atoms with Gasteiger partial charge in [-0.25, -0.2) is 4.39 Å². The zero-order valence-corrected chi connectivity index (χ0v) is 11.5. The third-order valence-electron chi connectivity index (χ3n) is 3.81. The molecule has 0 amide bonds. The van der Waals surface area contributed by atoms with Gasteiger partial charge in [0.2, 0.25) is 0 Å². The molecule has 0 heterocycles. The summed E-state index contributed by atoms with van der Waals surface area (Å²) in [4.78, 5) is 0. The predicted octanol–water partition coefficient (Wildman–Crippen LogP) is 4.56. The maximum Gasteiger partial charge on any atom is 0.168 e. The Labute approximate surface area is 113 Å². The van der Waals surface area contributed by atoms with E-state index in [2.05, 4.69) is 0 Å². The fourth-order valence-electron chi connectivity index (χ4n) is 2.72. The van der Waals surface area contributed by atoms with Gasteiger partial charge >= 0.3 is 0 Å². The van der Waals surface area contributed by atoms with Crippen LogP contribution in [0.3, 0.4) is 0 Å². The van der Waals surface area contributed by atoms with Gasteiger partial charge in [0.15, 0.2) is 11.6 Å². The molecule has 2 rings (SSSR count). The molecule has 1 aliphatic rings. The number of rotatable bonds is 3. The molecular weight excluding hydrogens is 251 g/mol. The van der Waals surface area contributed by atoms with Crippen LogP contribution < -0.4 is 4.74 Å². The molecule has 1 saturated carbocycles. The minimum absolute atomic E-state index is 0.179. The van der Waals surface area contributed by atoms with E-state index in [1.165, 1.54) is 26.4 Å². The van der Waals surface area contributed by atoms with Crippen LogP contribution in [0.4, 0.5) is 4.39 Å². The van der Waals surface area contributed by atoms with E-state index >= 15 is 0 Å². The van der Waals surface area contributed by atoms with E-state index < -0.39 is 0 Å². The molecule has 0 aromatic heterocycles. The van der Waals surface area contributed by atoms with Crippen molar-refractivity contribution in [3.05, 3.63) is 29.6 Å². The Hall–Kier alpha value is -0.760. The monoisotopic (exact) mass is 270 g/mol. The van der Waals surface area contributed by atoms with Crippen molar-refractivity contribution >= 4 is 11.6 Å². The van der Waals surface area contributed by atoms with Crippen molar-refractivity contribution in [2.75, 3.05) is 7.11 Å². The largest absolute Gasteiger partial charge is 0.494 e. The first kappa shape index (κ1) is 13.7. The van der Waals surface area contributed by atoms with Gasteiger partial charge in [0.05, 0.1) is 7.11 Å². The maximum absolute atomic E-state index is 14.1. The Morgan fingerprint density at radius 3 is 2.83 bits per heavy atom. The second kappa shape index (κ2) is 6.42. The normalized spacial score (nSPS) is 24.6. The van der Waals surface area contributed by atoms with Gasteiger partial charge in [0.25, 0.3) is 0 Å². The van der Waals surface area contributed by atoms with Gasteiger partial charge in [-0.2, -0.15) is 0 Å². The lowest BCUT2D eigenvalue weighted by Crippen LogP contribution is -2.16. The van der Waals surface area contributed by atoms with Crippen LogP contribution in [0.2, 0.25) is 0 Å². The van der Waals surface area contributed by atoms with E-state index in [4.69, 9.17) is 16.3 Å². The first-order valence-corrected chi connectivity index (χ1v) is 7.11. The number of alkyl halides is 1. The molecule has 0 saturated heterocycles. The van der Waals surface area contributed by atoms with Crippen LogP contribution in [0, 0.1) is 11.7 Å². The summed E-state index contributed by atoms with van der Waals surface area (Å²) < 4.78 is 19.1. The van der Waals surface area contributed by atoms with Crippen LogP contribution >= 0.6 is 11.6 Å². The molecule has 0 radical (unpaired) electrons. The quantitative estimate of drug-likeness (QED) is 0.578. The van der Waals surface area contributed by atoms with Gasteiger partial charge in [-0.3, -0.25) is 0 Å². The number of benzene rings is 1. The van der Waals surface area contributed by atoms with Gasteiger partial charge < -0.3 is 4.74 Å². The van der Waals surface area contributed by atoms with Crippen molar-refractivity contribution in [2.24, 2.45) is 5.92 Å². The highest BCUT2D eigenvalue weighted by molar-refractivity contribution is 6.20. The third-order valence-corrected chi connectivity index (χ3v) is 4.39. The summed E-state index contributed by atoms with van der Waals surface area (Å²) in [6.07, 6.45) is 6.53. The van der Waals surface area contributed by atoms with E-state index in [0.29, 0.717) is 11.7 Å². The predicted molar refractivity (Wildman–Crippen MR) is 72.9 cm³/mol. The molecule has 1 aromatic rings. The Bertz CT molecular complexity index is 394. The van der Waals surface area contributed by atoms with E-state index in [1.54, 1.807) is 6.07 Å². The third kappa shape index (κ3) is 3.17. The van der Waals surface area contributed by atoms with Crippen LogP contribution in [-0.2, 0) is 6.42 Å². The summed E-state index contributed by atoms with van der Waals surface area (Å²) >= 11 is 6.41. The minimum atomic E-state index is -0.229.